The van der Waals surface area contributed by atoms with Crippen molar-refractivity contribution in [2.45, 2.75) is 13.0 Å². The lowest BCUT2D eigenvalue weighted by molar-refractivity contribution is -0.384. The molecule has 0 amide bonds. The van der Waals surface area contributed by atoms with Crippen LogP contribution < -0.4 is 10.6 Å². The highest BCUT2D eigenvalue weighted by atomic mass is 16.6. The third-order valence-electron chi connectivity index (χ3n) is 2.74. The Hall–Kier alpha value is -2.15. The molecule has 96 valence electrons. The first kappa shape index (κ1) is 12.3. The molecule has 2 rings (SSSR count). The second-order valence-electron chi connectivity index (χ2n) is 4.11. The van der Waals surface area contributed by atoms with Crippen LogP contribution in [-0.4, -0.2) is 34.5 Å². The number of nitro benzene ring substituents is 1. The van der Waals surface area contributed by atoms with Gasteiger partial charge in [-0.1, -0.05) is 0 Å². The molecule has 0 aliphatic heterocycles. The molecule has 7 heteroatoms. The number of imidazole rings is 1. The molecule has 1 unspecified atom stereocenters. The highest BCUT2D eigenvalue weighted by molar-refractivity contribution is 5.79. The monoisotopic (exact) mass is 249 g/mol. The minimum absolute atomic E-state index is 0.0568. The van der Waals surface area contributed by atoms with Crippen molar-refractivity contribution in [1.29, 1.82) is 0 Å². The Morgan fingerprint density at radius 3 is 3.00 bits per heavy atom. The maximum atomic E-state index is 10.7. The van der Waals surface area contributed by atoms with Crippen molar-refractivity contribution in [2.75, 3.05) is 18.9 Å². The molecular formula is C11H15N5O2. The summed E-state index contributed by atoms with van der Waals surface area (Å²) in [4.78, 5) is 17.6. The smallest absolute Gasteiger partial charge is 0.271 e. The Balaban J connectivity index is 2.19. The summed E-state index contributed by atoms with van der Waals surface area (Å²) >= 11 is 0. The topological polar surface area (TPSA) is 95.9 Å². The zero-order chi connectivity index (χ0) is 13.1. The van der Waals surface area contributed by atoms with Crippen molar-refractivity contribution in [2.24, 2.45) is 0 Å². The maximum Gasteiger partial charge on any atom is 0.271 e. The Morgan fingerprint density at radius 2 is 2.33 bits per heavy atom. The van der Waals surface area contributed by atoms with E-state index in [-0.39, 0.29) is 5.69 Å². The van der Waals surface area contributed by atoms with Gasteiger partial charge in [-0.15, -0.1) is 0 Å². The zero-order valence-corrected chi connectivity index (χ0v) is 10.2. The van der Waals surface area contributed by atoms with Crippen LogP contribution in [0, 0.1) is 10.1 Å². The lowest BCUT2D eigenvalue weighted by atomic mass is 10.3. The number of H-pyrrole nitrogens is 1. The molecule has 1 aromatic carbocycles. The summed E-state index contributed by atoms with van der Waals surface area (Å²) in [6, 6.07) is 4.88. The van der Waals surface area contributed by atoms with Gasteiger partial charge in [0.25, 0.3) is 5.69 Å². The summed E-state index contributed by atoms with van der Waals surface area (Å²) in [5, 5.41) is 16.9. The molecule has 1 aromatic heterocycles. The molecule has 1 heterocycles. The lowest BCUT2D eigenvalue weighted by Crippen LogP contribution is -2.29. The number of hydrogen-bond acceptors (Lipinski definition) is 5. The van der Waals surface area contributed by atoms with Crippen LogP contribution >= 0.6 is 0 Å². The third kappa shape index (κ3) is 2.57. The maximum absolute atomic E-state index is 10.7. The Labute approximate surface area is 104 Å². The fraction of sp³-hybridized carbons (Fsp3) is 0.364. The number of nitrogens with zero attached hydrogens (tertiary/aromatic N) is 2. The number of aromatic nitrogens is 2. The molecule has 2 aromatic rings. The summed E-state index contributed by atoms with van der Waals surface area (Å²) in [7, 11) is 1.88. The van der Waals surface area contributed by atoms with E-state index >= 15 is 0 Å². The second-order valence-corrected chi connectivity index (χ2v) is 4.11. The molecule has 0 saturated carbocycles. The van der Waals surface area contributed by atoms with Crippen LogP contribution in [0.1, 0.15) is 6.92 Å². The van der Waals surface area contributed by atoms with Gasteiger partial charge in [0, 0.05) is 24.7 Å². The van der Waals surface area contributed by atoms with Crippen LogP contribution in [0.2, 0.25) is 0 Å². The SMILES string of the molecule is CNC(C)CNc1nc2ccc([N+](=O)[O-])cc2[nH]1. The van der Waals surface area contributed by atoms with E-state index in [1.165, 1.54) is 12.1 Å². The van der Waals surface area contributed by atoms with Crippen molar-refractivity contribution >= 4 is 22.7 Å². The van der Waals surface area contributed by atoms with Crippen molar-refractivity contribution in [1.82, 2.24) is 15.3 Å². The van der Waals surface area contributed by atoms with Gasteiger partial charge in [0.15, 0.2) is 0 Å². The first-order chi connectivity index (χ1) is 8.60. The number of hydrogen-bond donors (Lipinski definition) is 3. The van der Waals surface area contributed by atoms with Gasteiger partial charge >= 0.3 is 0 Å². The molecule has 3 N–H and O–H groups in total. The van der Waals surface area contributed by atoms with Gasteiger partial charge in [-0.3, -0.25) is 10.1 Å². The van der Waals surface area contributed by atoms with Crippen LogP contribution in [0.25, 0.3) is 11.0 Å². The van der Waals surface area contributed by atoms with Crippen LogP contribution in [0.4, 0.5) is 11.6 Å². The molecule has 0 fully saturated rings. The molecule has 0 spiro atoms. The standard InChI is InChI=1S/C11H15N5O2/c1-7(12-2)6-13-11-14-9-4-3-8(16(17)18)5-10(9)15-11/h3-5,7,12H,6H2,1-2H3,(H2,13,14,15). The first-order valence-corrected chi connectivity index (χ1v) is 5.65. The largest absolute Gasteiger partial charge is 0.354 e. The number of nitro groups is 1. The van der Waals surface area contributed by atoms with E-state index in [4.69, 9.17) is 0 Å². The molecule has 0 saturated heterocycles. The van der Waals surface area contributed by atoms with Gasteiger partial charge in [-0.2, -0.15) is 0 Å². The Kier molecular flexibility index (Phi) is 3.42. The second kappa shape index (κ2) is 5.01. The lowest BCUT2D eigenvalue weighted by Gasteiger charge is -2.09. The Morgan fingerprint density at radius 1 is 1.56 bits per heavy atom. The number of fused-ring (bicyclic) bond motifs is 1. The number of likely N-dealkylation sites (N-methyl/N-ethyl adjacent to an activating group) is 1. The number of anilines is 1. The molecule has 0 aliphatic rings. The van der Waals surface area contributed by atoms with Gasteiger partial charge in [0.2, 0.25) is 5.95 Å². The van der Waals surface area contributed by atoms with Gasteiger partial charge in [-0.25, -0.2) is 4.98 Å². The minimum atomic E-state index is -0.420. The van der Waals surface area contributed by atoms with Crippen LogP contribution in [0.15, 0.2) is 18.2 Å². The third-order valence-corrected chi connectivity index (χ3v) is 2.74. The van der Waals surface area contributed by atoms with Gasteiger partial charge in [0.05, 0.1) is 16.0 Å². The zero-order valence-electron chi connectivity index (χ0n) is 10.2. The summed E-state index contributed by atoms with van der Waals surface area (Å²) < 4.78 is 0. The summed E-state index contributed by atoms with van der Waals surface area (Å²) in [6.45, 7) is 2.76. The number of aromatic amines is 1. The van der Waals surface area contributed by atoms with Crippen LogP contribution in [0.5, 0.6) is 0 Å². The highest BCUT2D eigenvalue weighted by Gasteiger charge is 2.09. The van der Waals surface area contributed by atoms with E-state index in [0.29, 0.717) is 23.0 Å². The van der Waals surface area contributed by atoms with Crippen molar-refractivity contribution < 1.29 is 4.92 Å². The van der Waals surface area contributed by atoms with Gasteiger partial charge in [-0.05, 0) is 20.0 Å². The average molecular weight is 249 g/mol. The van der Waals surface area contributed by atoms with E-state index in [2.05, 4.69) is 20.6 Å². The van der Waals surface area contributed by atoms with Crippen molar-refractivity contribution in [3.05, 3.63) is 28.3 Å². The number of benzene rings is 1. The van der Waals surface area contributed by atoms with Gasteiger partial charge in [0.1, 0.15) is 0 Å². The number of non-ortho nitro benzene ring substituents is 1. The van der Waals surface area contributed by atoms with Crippen LogP contribution in [-0.2, 0) is 0 Å². The van der Waals surface area contributed by atoms with E-state index in [0.717, 1.165) is 6.54 Å². The summed E-state index contributed by atoms with van der Waals surface area (Å²) in [5.74, 6) is 0.618. The highest BCUT2D eigenvalue weighted by Crippen LogP contribution is 2.20. The molecule has 18 heavy (non-hydrogen) atoms. The summed E-state index contributed by atoms with van der Waals surface area (Å²) in [5.41, 5.74) is 1.42. The summed E-state index contributed by atoms with van der Waals surface area (Å²) in [6.07, 6.45) is 0. The van der Waals surface area contributed by atoms with E-state index in [1.807, 2.05) is 14.0 Å². The van der Waals surface area contributed by atoms with E-state index in [9.17, 15) is 10.1 Å². The molecule has 0 radical (unpaired) electrons. The van der Waals surface area contributed by atoms with Crippen LogP contribution in [0.3, 0.4) is 0 Å². The fourth-order valence-corrected chi connectivity index (χ4v) is 1.55. The van der Waals surface area contributed by atoms with E-state index in [1.54, 1.807) is 6.07 Å². The molecule has 0 aliphatic carbocycles. The molecule has 1 atom stereocenters. The molecule has 0 bridgehead atoms. The van der Waals surface area contributed by atoms with Crippen molar-refractivity contribution in [3.8, 4) is 0 Å². The fourth-order valence-electron chi connectivity index (χ4n) is 1.55. The minimum Gasteiger partial charge on any atom is -0.354 e. The Bertz CT molecular complexity index is 566. The first-order valence-electron chi connectivity index (χ1n) is 5.65. The average Bonchev–Trinajstić information content (AvgIpc) is 2.77. The predicted octanol–water partition coefficient (Wildman–Crippen LogP) is 1.49. The number of nitrogens with one attached hydrogen (secondary N) is 3. The van der Waals surface area contributed by atoms with E-state index < -0.39 is 4.92 Å². The number of rotatable bonds is 5. The van der Waals surface area contributed by atoms with Crippen molar-refractivity contribution in [3.63, 3.8) is 0 Å². The normalized spacial score (nSPS) is 12.6. The predicted molar refractivity (Wildman–Crippen MR) is 69.8 cm³/mol. The van der Waals surface area contributed by atoms with Gasteiger partial charge < -0.3 is 15.6 Å². The molecule has 7 nitrogen and oxygen atoms in total. The quantitative estimate of drug-likeness (QED) is 0.551. The molecular weight excluding hydrogens is 234 g/mol.